The number of carbonyl (C=O) groups excluding carboxylic acids is 1. The van der Waals surface area contributed by atoms with E-state index in [0.29, 0.717) is 11.0 Å². The first-order valence-electron chi connectivity index (χ1n) is 6.23. The van der Waals surface area contributed by atoms with Crippen LogP contribution in [0.15, 0.2) is 24.3 Å². The van der Waals surface area contributed by atoms with Gasteiger partial charge in [0.2, 0.25) is 5.91 Å². The molecule has 0 saturated heterocycles. The van der Waals surface area contributed by atoms with Crippen LogP contribution in [0.1, 0.15) is 11.1 Å². The second-order valence-corrected chi connectivity index (χ2v) is 5.07. The summed E-state index contributed by atoms with van der Waals surface area (Å²) < 4.78 is 0. The number of fused-ring (bicyclic) bond motifs is 1. The molecule has 20 heavy (non-hydrogen) atoms. The molecular weight excluding hydrogens is 276 g/mol. The third-order valence-electron chi connectivity index (χ3n) is 3.47. The summed E-state index contributed by atoms with van der Waals surface area (Å²) >= 11 is 5.98. The minimum Gasteiger partial charge on any atom is -0.323 e. The van der Waals surface area contributed by atoms with E-state index in [-0.39, 0.29) is 12.5 Å². The summed E-state index contributed by atoms with van der Waals surface area (Å²) in [7, 11) is 0. The summed E-state index contributed by atoms with van der Waals surface area (Å²) in [5, 5.41) is 11.4. The highest BCUT2D eigenvalue weighted by atomic mass is 35.5. The first-order valence-corrected chi connectivity index (χ1v) is 6.61. The van der Waals surface area contributed by atoms with Crippen molar-refractivity contribution in [3.8, 4) is 0 Å². The van der Waals surface area contributed by atoms with Crippen LogP contribution in [0.25, 0.3) is 0 Å². The average molecular weight is 289 g/mol. The highest BCUT2D eigenvalue weighted by Crippen LogP contribution is 2.36. The van der Waals surface area contributed by atoms with E-state index in [1.54, 1.807) is 0 Å². The number of halogens is 1. The number of amides is 1. The van der Waals surface area contributed by atoms with Gasteiger partial charge >= 0.3 is 0 Å². The summed E-state index contributed by atoms with van der Waals surface area (Å²) in [6, 6.07) is 7.62. The van der Waals surface area contributed by atoms with Crippen LogP contribution in [0, 0.1) is 13.8 Å². The van der Waals surface area contributed by atoms with E-state index in [1.807, 2.05) is 43.0 Å². The molecule has 0 unspecified atom stereocenters. The molecule has 2 heterocycles. The number of carbonyl (C=O) groups is 1. The molecular formula is C14H13ClN4O. The summed E-state index contributed by atoms with van der Waals surface area (Å²) in [6.07, 6.45) is 0. The number of aromatic nitrogens is 2. The normalized spacial score (nSPS) is 13.9. The molecule has 0 bridgehead atoms. The van der Waals surface area contributed by atoms with Gasteiger partial charge in [-0.25, -0.2) is 0 Å². The van der Waals surface area contributed by atoms with Crippen LogP contribution < -0.4 is 10.2 Å². The zero-order valence-corrected chi connectivity index (χ0v) is 11.9. The van der Waals surface area contributed by atoms with Crippen LogP contribution in [-0.2, 0) is 4.79 Å². The molecule has 0 saturated carbocycles. The number of anilines is 3. The zero-order valence-electron chi connectivity index (χ0n) is 11.1. The minimum atomic E-state index is -0.0718. The first-order chi connectivity index (χ1) is 9.58. The molecule has 102 valence electrons. The topological polar surface area (TPSA) is 58.1 Å². The van der Waals surface area contributed by atoms with E-state index < -0.39 is 0 Å². The lowest BCUT2D eigenvalue weighted by molar-refractivity contribution is -0.115. The number of hydrogen-bond acceptors (Lipinski definition) is 4. The van der Waals surface area contributed by atoms with Crippen molar-refractivity contribution in [2.24, 2.45) is 0 Å². The molecule has 0 radical (unpaired) electrons. The summed E-state index contributed by atoms with van der Waals surface area (Å²) in [5.41, 5.74) is 3.48. The zero-order chi connectivity index (χ0) is 14.3. The highest BCUT2D eigenvalue weighted by Gasteiger charge is 2.25. The SMILES string of the molecule is Cc1c(Cl)nnc(N2CC(=O)Nc3ccccc32)c1C. The van der Waals surface area contributed by atoms with Crippen molar-refractivity contribution in [2.45, 2.75) is 13.8 Å². The van der Waals surface area contributed by atoms with Crippen molar-refractivity contribution in [2.75, 3.05) is 16.8 Å². The second-order valence-electron chi connectivity index (χ2n) is 4.72. The maximum absolute atomic E-state index is 11.8. The number of para-hydroxylation sites is 2. The van der Waals surface area contributed by atoms with Gasteiger partial charge in [0.05, 0.1) is 11.4 Å². The molecule has 1 aliphatic heterocycles. The Morgan fingerprint density at radius 3 is 2.75 bits per heavy atom. The fraction of sp³-hybridized carbons (Fsp3) is 0.214. The second kappa shape index (κ2) is 4.76. The van der Waals surface area contributed by atoms with Gasteiger partial charge in [-0.15, -0.1) is 10.2 Å². The van der Waals surface area contributed by atoms with Gasteiger partial charge in [0.15, 0.2) is 11.0 Å². The molecule has 1 aromatic heterocycles. The predicted octanol–water partition coefficient (Wildman–Crippen LogP) is 2.84. The Labute approximate surface area is 121 Å². The Bertz CT molecular complexity index is 702. The van der Waals surface area contributed by atoms with Crippen molar-refractivity contribution in [1.82, 2.24) is 10.2 Å². The van der Waals surface area contributed by atoms with Crippen LogP contribution in [0.3, 0.4) is 0 Å². The number of nitrogens with zero attached hydrogens (tertiary/aromatic N) is 3. The molecule has 0 atom stereocenters. The van der Waals surface area contributed by atoms with Crippen LogP contribution in [-0.4, -0.2) is 22.6 Å². The van der Waals surface area contributed by atoms with Gasteiger partial charge in [-0.1, -0.05) is 23.7 Å². The van der Waals surface area contributed by atoms with Crippen LogP contribution in [0.4, 0.5) is 17.2 Å². The van der Waals surface area contributed by atoms with E-state index >= 15 is 0 Å². The molecule has 1 aromatic carbocycles. The predicted molar refractivity (Wildman–Crippen MR) is 78.6 cm³/mol. The Morgan fingerprint density at radius 2 is 1.95 bits per heavy atom. The molecule has 0 aliphatic carbocycles. The Balaban J connectivity index is 2.16. The number of nitrogens with one attached hydrogen (secondary N) is 1. The number of benzene rings is 1. The van der Waals surface area contributed by atoms with Crippen molar-refractivity contribution < 1.29 is 4.79 Å². The minimum absolute atomic E-state index is 0.0718. The maximum Gasteiger partial charge on any atom is 0.244 e. The van der Waals surface area contributed by atoms with E-state index in [0.717, 1.165) is 22.5 Å². The Kier molecular flexibility index (Phi) is 3.06. The molecule has 2 aromatic rings. The fourth-order valence-corrected chi connectivity index (χ4v) is 2.42. The monoisotopic (exact) mass is 288 g/mol. The van der Waals surface area contributed by atoms with Crippen molar-refractivity contribution >= 4 is 34.7 Å². The van der Waals surface area contributed by atoms with Gasteiger partial charge in [0, 0.05) is 0 Å². The summed E-state index contributed by atoms with van der Waals surface area (Å²) in [5.74, 6) is 0.590. The molecule has 6 heteroatoms. The van der Waals surface area contributed by atoms with E-state index in [2.05, 4.69) is 15.5 Å². The smallest absolute Gasteiger partial charge is 0.244 e. The Hall–Kier alpha value is -2.14. The number of hydrogen-bond donors (Lipinski definition) is 1. The van der Waals surface area contributed by atoms with E-state index in [4.69, 9.17) is 11.6 Å². The van der Waals surface area contributed by atoms with Gasteiger partial charge in [0.25, 0.3) is 0 Å². The fourth-order valence-electron chi connectivity index (χ4n) is 2.24. The van der Waals surface area contributed by atoms with Gasteiger partial charge in [-0.2, -0.15) is 0 Å². The van der Waals surface area contributed by atoms with E-state index in [9.17, 15) is 4.79 Å². The molecule has 3 rings (SSSR count). The molecule has 5 nitrogen and oxygen atoms in total. The third-order valence-corrected chi connectivity index (χ3v) is 3.83. The average Bonchev–Trinajstić information content (AvgIpc) is 2.44. The third kappa shape index (κ3) is 2.00. The van der Waals surface area contributed by atoms with Gasteiger partial charge in [0.1, 0.15) is 6.54 Å². The summed E-state index contributed by atoms with van der Waals surface area (Å²) in [6.45, 7) is 4.04. The molecule has 1 amide bonds. The van der Waals surface area contributed by atoms with Gasteiger partial charge in [-0.3, -0.25) is 4.79 Å². The van der Waals surface area contributed by atoms with Crippen LogP contribution >= 0.6 is 11.6 Å². The molecule has 0 fully saturated rings. The standard InChI is InChI=1S/C14H13ClN4O/c1-8-9(2)14(18-17-13(8)15)19-7-12(20)16-10-5-3-4-6-11(10)19/h3-6H,7H2,1-2H3,(H,16,20). The van der Waals surface area contributed by atoms with Crippen LogP contribution in [0.5, 0.6) is 0 Å². The van der Waals surface area contributed by atoms with Crippen molar-refractivity contribution in [3.05, 3.63) is 40.5 Å². The molecule has 1 N–H and O–H groups in total. The molecule has 0 spiro atoms. The van der Waals surface area contributed by atoms with Gasteiger partial charge in [-0.05, 0) is 37.1 Å². The largest absolute Gasteiger partial charge is 0.323 e. The summed E-state index contributed by atoms with van der Waals surface area (Å²) in [4.78, 5) is 13.7. The lowest BCUT2D eigenvalue weighted by Crippen LogP contribution is -2.36. The van der Waals surface area contributed by atoms with Crippen LogP contribution in [0.2, 0.25) is 5.15 Å². The van der Waals surface area contributed by atoms with Gasteiger partial charge < -0.3 is 10.2 Å². The first kappa shape index (κ1) is 12.9. The van der Waals surface area contributed by atoms with Crippen molar-refractivity contribution in [3.63, 3.8) is 0 Å². The quantitative estimate of drug-likeness (QED) is 0.876. The molecule has 1 aliphatic rings. The Morgan fingerprint density at radius 1 is 1.20 bits per heavy atom. The van der Waals surface area contributed by atoms with E-state index in [1.165, 1.54) is 0 Å². The number of rotatable bonds is 1. The lowest BCUT2D eigenvalue weighted by Gasteiger charge is -2.30. The lowest BCUT2D eigenvalue weighted by atomic mass is 10.1. The highest BCUT2D eigenvalue weighted by molar-refractivity contribution is 6.30. The van der Waals surface area contributed by atoms with Crippen molar-refractivity contribution in [1.29, 1.82) is 0 Å². The maximum atomic E-state index is 11.8.